The largest absolute Gasteiger partial charge is 0.464 e. The molecule has 118 valence electrons. The summed E-state index contributed by atoms with van der Waals surface area (Å²) in [5, 5.41) is 0. The molecule has 1 heterocycles. The lowest BCUT2D eigenvalue weighted by Crippen LogP contribution is -2.39. The van der Waals surface area contributed by atoms with Gasteiger partial charge in [-0.15, -0.1) is 0 Å². The number of benzene rings is 1. The van der Waals surface area contributed by atoms with Crippen LogP contribution in [0.1, 0.15) is 31.9 Å². The first-order valence-corrected chi connectivity index (χ1v) is 7.20. The van der Waals surface area contributed by atoms with Crippen LogP contribution in [-0.2, 0) is 20.7 Å². The van der Waals surface area contributed by atoms with Gasteiger partial charge in [0.15, 0.2) is 0 Å². The van der Waals surface area contributed by atoms with Crippen LogP contribution >= 0.6 is 0 Å². The van der Waals surface area contributed by atoms with Crippen LogP contribution in [0.3, 0.4) is 0 Å². The van der Waals surface area contributed by atoms with Crippen molar-refractivity contribution in [2.24, 2.45) is 0 Å². The molecule has 22 heavy (non-hydrogen) atoms. The average molecular weight is 303 g/mol. The van der Waals surface area contributed by atoms with Gasteiger partial charge in [0, 0.05) is 6.54 Å². The van der Waals surface area contributed by atoms with E-state index in [1.54, 1.807) is 26.8 Å². The summed E-state index contributed by atoms with van der Waals surface area (Å²) in [6, 6.07) is 7.73. The van der Waals surface area contributed by atoms with Gasteiger partial charge in [-0.3, -0.25) is 4.90 Å². The zero-order valence-electron chi connectivity index (χ0n) is 13.4. The van der Waals surface area contributed by atoms with E-state index in [1.165, 1.54) is 12.0 Å². The lowest BCUT2D eigenvalue weighted by Gasteiger charge is -2.27. The van der Waals surface area contributed by atoms with Crippen molar-refractivity contribution in [1.82, 2.24) is 4.90 Å². The number of fused-ring (bicyclic) bond motifs is 1. The Labute approximate surface area is 130 Å². The highest BCUT2D eigenvalue weighted by Crippen LogP contribution is 2.23. The molecule has 0 atom stereocenters. The number of esters is 1. The fourth-order valence-electron chi connectivity index (χ4n) is 2.26. The molecule has 0 aromatic heterocycles. The summed E-state index contributed by atoms with van der Waals surface area (Å²) in [5.74, 6) is -0.553. The van der Waals surface area contributed by atoms with Crippen molar-refractivity contribution >= 4 is 18.1 Å². The van der Waals surface area contributed by atoms with Crippen LogP contribution in [0.25, 0.3) is 6.08 Å². The Balaban J connectivity index is 2.38. The van der Waals surface area contributed by atoms with E-state index in [2.05, 4.69) is 0 Å². The number of carbonyl (C=O) groups is 2. The van der Waals surface area contributed by atoms with Crippen LogP contribution in [0.4, 0.5) is 4.79 Å². The van der Waals surface area contributed by atoms with Crippen molar-refractivity contribution in [3.05, 3.63) is 41.1 Å². The number of hydrogen-bond acceptors (Lipinski definition) is 4. The molecule has 5 heteroatoms. The predicted molar refractivity (Wildman–Crippen MR) is 83.1 cm³/mol. The van der Waals surface area contributed by atoms with Gasteiger partial charge in [0.2, 0.25) is 0 Å². The number of carbonyl (C=O) groups excluding carboxylic acids is 2. The Morgan fingerprint density at radius 1 is 1.18 bits per heavy atom. The monoisotopic (exact) mass is 303 g/mol. The normalized spacial score (nSPS) is 14.5. The van der Waals surface area contributed by atoms with Crippen molar-refractivity contribution in [3.8, 4) is 0 Å². The van der Waals surface area contributed by atoms with Gasteiger partial charge in [0.25, 0.3) is 0 Å². The van der Waals surface area contributed by atoms with Gasteiger partial charge in [-0.2, -0.15) is 0 Å². The molecule has 5 nitrogen and oxygen atoms in total. The molecule has 0 saturated heterocycles. The van der Waals surface area contributed by atoms with E-state index in [0.717, 1.165) is 11.1 Å². The molecule has 0 N–H and O–H groups in total. The molecule has 0 aliphatic carbocycles. The maximum absolute atomic E-state index is 12.4. The van der Waals surface area contributed by atoms with E-state index in [-0.39, 0.29) is 5.70 Å². The third kappa shape index (κ3) is 3.67. The Kier molecular flexibility index (Phi) is 4.54. The van der Waals surface area contributed by atoms with Gasteiger partial charge in [-0.05, 0) is 44.4 Å². The maximum Gasteiger partial charge on any atom is 0.415 e. The van der Waals surface area contributed by atoms with E-state index in [0.29, 0.717) is 13.0 Å². The van der Waals surface area contributed by atoms with E-state index < -0.39 is 17.7 Å². The van der Waals surface area contributed by atoms with Gasteiger partial charge in [0.1, 0.15) is 11.3 Å². The fraction of sp³-hybridized carbons (Fsp3) is 0.412. The Bertz CT molecular complexity index is 613. The molecule has 1 aromatic carbocycles. The van der Waals surface area contributed by atoms with Crippen LogP contribution < -0.4 is 0 Å². The van der Waals surface area contributed by atoms with Crippen LogP contribution in [0.2, 0.25) is 0 Å². The Morgan fingerprint density at radius 2 is 1.86 bits per heavy atom. The summed E-state index contributed by atoms with van der Waals surface area (Å²) >= 11 is 0. The van der Waals surface area contributed by atoms with Gasteiger partial charge in [0.05, 0.1) is 7.11 Å². The second-order valence-corrected chi connectivity index (χ2v) is 6.10. The van der Waals surface area contributed by atoms with E-state index in [4.69, 9.17) is 9.47 Å². The molecule has 0 saturated carbocycles. The fourth-order valence-corrected chi connectivity index (χ4v) is 2.26. The molecular formula is C17H21NO4. The number of methoxy groups -OCH3 is 1. The number of nitrogens with zero attached hydrogens (tertiary/aromatic N) is 1. The first kappa shape index (κ1) is 16.1. The Morgan fingerprint density at radius 3 is 2.50 bits per heavy atom. The van der Waals surface area contributed by atoms with Gasteiger partial charge in [-0.1, -0.05) is 24.3 Å². The van der Waals surface area contributed by atoms with E-state index >= 15 is 0 Å². The van der Waals surface area contributed by atoms with Gasteiger partial charge < -0.3 is 9.47 Å². The number of amides is 1. The minimum absolute atomic E-state index is 0.196. The minimum Gasteiger partial charge on any atom is -0.464 e. The molecule has 1 aromatic rings. The predicted octanol–water partition coefficient (Wildman–Crippen LogP) is 2.99. The summed E-state index contributed by atoms with van der Waals surface area (Å²) < 4.78 is 10.2. The summed E-state index contributed by atoms with van der Waals surface area (Å²) in [4.78, 5) is 25.8. The average Bonchev–Trinajstić information content (AvgIpc) is 2.64. The second-order valence-electron chi connectivity index (χ2n) is 6.10. The zero-order valence-corrected chi connectivity index (χ0v) is 13.4. The molecule has 1 amide bonds. The van der Waals surface area contributed by atoms with Crippen molar-refractivity contribution in [1.29, 1.82) is 0 Å². The second kappa shape index (κ2) is 6.22. The van der Waals surface area contributed by atoms with E-state index in [1.807, 2.05) is 24.3 Å². The number of ether oxygens (including phenoxy) is 2. The highest BCUT2D eigenvalue weighted by molar-refractivity contribution is 5.97. The van der Waals surface area contributed by atoms with Crippen LogP contribution in [0, 0.1) is 0 Å². The van der Waals surface area contributed by atoms with Crippen molar-refractivity contribution in [3.63, 3.8) is 0 Å². The Hall–Kier alpha value is -2.30. The topological polar surface area (TPSA) is 55.8 Å². The minimum atomic E-state index is -0.628. The summed E-state index contributed by atoms with van der Waals surface area (Å²) in [6.45, 7) is 5.74. The van der Waals surface area contributed by atoms with Crippen molar-refractivity contribution in [2.45, 2.75) is 32.8 Å². The highest BCUT2D eigenvalue weighted by Gasteiger charge is 2.30. The molecule has 0 radical (unpaired) electrons. The zero-order chi connectivity index (χ0) is 16.3. The van der Waals surface area contributed by atoms with Crippen LogP contribution in [-0.4, -0.2) is 36.2 Å². The molecule has 2 rings (SSSR count). The summed E-state index contributed by atoms with van der Waals surface area (Å²) in [7, 11) is 1.30. The summed E-state index contributed by atoms with van der Waals surface area (Å²) in [5.41, 5.74) is 1.56. The molecule has 0 fully saturated rings. The first-order valence-electron chi connectivity index (χ1n) is 7.20. The number of rotatable bonds is 1. The third-order valence-corrected chi connectivity index (χ3v) is 3.25. The van der Waals surface area contributed by atoms with Gasteiger partial charge >= 0.3 is 12.1 Å². The lowest BCUT2D eigenvalue weighted by molar-refractivity contribution is -0.137. The lowest BCUT2D eigenvalue weighted by atomic mass is 10.1. The quantitative estimate of drug-likeness (QED) is 0.748. The molecule has 1 aliphatic rings. The molecular weight excluding hydrogens is 282 g/mol. The summed E-state index contributed by atoms with van der Waals surface area (Å²) in [6.07, 6.45) is 1.78. The highest BCUT2D eigenvalue weighted by atomic mass is 16.6. The smallest absolute Gasteiger partial charge is 0.415 e. The SMILES string of the molecule is COC(=O)C1=Cc2ccccc2CCN1C(=O)OC(C)(C)C. The van der Waals surface area contributed by atoms with Gasteiger partial charge in [-0.25, -0.2) is 9.59 Å². The molecule has 0 spiro atoms. The molecule has 0 bridgehead atoms. The van der Waals surface area contributed by atoms with Crippen molar-refractivity contribution in [2.75, 3.05) is 13.7 Å². The van der Waals surface area contributed by atoms with Crippen molar-refractivity contribution < 1.29 is 19.1 Å². The van der Waals surface area contributed by atoms with E-state index in [9.17, 15) is 9.59 Å². The number of hydrogen-bond donors (Lipinski definition) is 0. The third-order valence-electron chi connectivity index (χ3n) is 3.25. The maximum atomic E-state index is 12.4. The van der Waals surface area contributed by atoms with Crippen LogP contribution in [0.5, 0.6) is 0 Å². The van der Waals surface area contributed by atoms with Crippen LogP contribution in [0.15, 0.2) is 30.0 Å². The standard InChI is InChI=1S/C17H21NO4/c1-17(2,3)22-16(20)18-10-9-12-7-5-6-8-13(12)11-14(18)15(19)21-4/h5-8,11H,9-10H2,1-4H3. The molecule has 1 aliphatic heterocycles. The first-order chi connectivity index (χ1) is 10.3. The molecule has 0 unspecified atom stereocenters.